The lowest BCUT2D eigenvalue weighted by molar-refractivity contribution is 1.29. The third-order valence-electron chi connectivity index (χ3n) is 1.79. The van der Waals surface area contributed by atoms with Crippen LogP contribution in [0.1, 0.15) is 11.1 Å². The van der Waals surface area contributed by atoms with Gasteiger partial charge in [-0.25, -0.2) is 0 Å². The zero-order valence-corrected chi connectivity index (χ0v) is 8.64. The highest BCUT2D eigenvalue weighted by Gasteiger charge is 1.73. The molecule has 14 heavy (non-hydrogen) atoms. The summed E-state index contributed by atoms with van der Waals surface area (Å²) < 4.78 is 0. The molecule has 2 rings (SSSR count). The fourth-order valence-electron chi connectivity index (χ4n) is 0.961. The molecule has 1 aromatic carbocycles. The maximum absolute atomic E-state index is 3.85. The Morgan fingerprint density at radius 3 is 1.50 bits per heavy atom. The van der Waals surface area contributed by atoms with E-state index in [4.69, 9.17) is 0 Å². The zero-order valence-electron chi connectivity index (χ0n) is 8.64. The molecule has 0 atom stereocenters. The summed E-state index contributed by atoms with van der Waals surface area (Å²) in [4.78, 5) is 3.85. The monoisotopic (exact) mass is 185 g/mol. The molecular weight excluding hydrogens is 170 g/mol. The Morgan fingerprint density at radius 2 is 1.21 bits per heavy atom. The van der Waals surface area contributed by atoms with Crippen molar-refractivity contribution in [2.75, 3.05) is 0 Å². The summed E-state index contributed by atoms with van der Waals surface area (Å²) in [6.45, 7) is 4.13. The molecule has 0 N–H and O–H groups in total. The molecule has 0 amide bonds. The highest BCUT2D eigenvalue weighted by atomic mass is 14.6. The molecule has 0 radical (unpaired) electrons. The molecule has 72 valence electrons. The zero-order chi connectivity index (χ0) is 10.2. The van der Waals surface area contributed by atoms with Gasteiger partial charge in [0.05, 0.1) is 0 Å². The molecule has 0 fully saturated rings. The van der Waals surface area contributed by atoms with Crippen LogP contribution in [0.5, 0.6) is 0 Å². The molecule has 0 saturated carbocycles. The number of rotatable bonds is 0. The number of aryl methyl sites for hydroxylation is 2. The van der Waals surface area contributed by atoms with Crippen molar-refractivity contribution in [3.63, 3.8) is 0 Å². The van der Waals surface area contributed by atoms with Crippen molar-refractivity contribution < 1.29 is 0 Å². The standard InChI is InChI=1S/C7H8.C6H7N/c1-7-5-3-2-4-6-7;1-6-2-4-7-5-3-6/h2-6H,1H3;2-5H,1H3. The summed E-state index contributed by atoms with van der Waals surface area (Å²) in [6, 6.07) is 14.2. The van der Waals surface area contributed by atoms with Crippen LogP contribution >= 0.6 is 0 Å². The second-order valence-electron chi connectivity index (χ2n) is 3.18. The Kier molecular flexibility index (Phi) is 4.42. The predicted molar refractivity (Wildman–Crippen MR) is 60.2 cm³/mol. The maximum atomic E-state index is 3.85. The third-order valence-corrected chi connectivity index (χ3v) is 1.79. The average Bonchev–Trinajstić information content (AvgIpc) is 2.21. The van der Waals surface area contributed by atoms with E-state index in [0.29, 0.717) is 0 Å². The second kappa shape index (κ2) is 5.92. The SMILES string of the molecule is Cc1ccccc1.Cc1ccncc1. The molecule has 1 aromatic heterocycles. The largest absolute Gasteiger partial charge is 0.265 e. The first-order valence-corrected chi connectivity index (χ1v) is 4.67. The lowest BCUT2D eigenvalue weighted by Gasteiger charge is -1.82. The second-order valence-corrected chi connectivity index (χ2v) is 3.18. The van der Waals surface area contributed by atoms with Crippen molar-refractivity contribution >= 4 is 0 Å². The first kappa shape index (κ1) is 10.5. The summed E-state index contributed by atoms with van der Waals surface area (Å²) in [5.41, 5.74) is 2.58. The summed E-state index contributed by atoms with van der Waals surface area (Å²) >= 11 is 0. The van der Waals surface area contributed by atoms with Crippen LogP contribution in [-0.2, 0) is 0 Å². The number of hydrogen-bond donors (Lipinski definition) is 0. The summed E-state index contributed by atoms with van der Waals surface area (Å²) in [5, 5.41) is 0. The third kappa shape index (κ3) is 4.41. The van der Waals surface area contributed by atoms with E-state index in [1.165, 1.54) is 11.1 Å². The normalized spacial score (nSPS) is 8.71. The minimum atomic E-state index is 1.26. The average molecular weight is 185 g/mol. The molecule has 0 aliphatic heterocycles. The van der Waals surface area contributed by atoms with E-state index >= 15 is 0 Å². The Balaban J connectivity index is 0.000000140. The van der Waals surface area contributed by atoms with Gasteiger partial charge in [-0.05, 0) is 31.5 Å². The lowest BCUT2D eigenvalue weighted by atomic mass is 10.2. The van der Waals surface area contributed by atoms with Crippen LogP contribution in [0.25, 0.3) is 0 Å². The van der Waals surface area contributed by atoms with Crippen LogP contribution in [0.2, 0.25) is 0 Å². The van der Waals surface area contributed by atoms with Crippen LogP contribution in [0.3, 0.4) is 0 Å². The van der Waals surface area contributed by atoms with Crippen LogP contribution in [0.4, 0.5) is 0 Å². The molecule has 0 bridgehead atoms. The van der Waals surface area contributed by atoms with Gasteiger partial charge in [-0.2, -0.15) is 0 Å². The summed E-state index contributed by atoms with van der Waals surface area (Å²) in [7, 11) is 0. The summed E-state index contributed by atoms with van der Waals surface area (Å²) in [5.74, 6) is 0. The van der Waals surface area contributed by atoms with Gasteiger partial charge in [0.1, 0.15) is 0 Å². The van der Waals surface area contributed by atoms with Gasteiger partial charge in [0.15, 0.2) is 0 Å². The quantitative estimate of drug-likeness (QED) is 0.613. The Bertz CT molecular complexity index is 303. The molecule has 0 aliphatic carbocycles. The fraction of sp³-hybridized carbons (Fsp3) is 0.154. The van der Waals surface area contributed by atoms with Gasteiger partial charge in [-0.3, -0.25) is 4.98 Å². The molecule has 1 heteroatoms. The molecule has 0 unspecified atom stereocenters. The van der Waals surface area contributed by atoms with Crippen LogP contribution < -0.4 is 0 Å². The summed E-state index contributed by atoms with van der Waals surface area (Å²) in [6.07, 6.45) is 3.57. The van der Waals surface area contributed by atoms with Crippen molar-refractivity contribution in [1.29, 1.82) is 0 Å². The van der Waals surface area contributed by atoms with Gasteiger partial charge in [-0.15, -0.1) is 0 Å². The fourth-order valence-corrected chi connectivity index (χ4v) is 0.961. The highest BCUT2D eigenvalue weighted by molar-refractivity contribution is 5.11. The Labute approximate surface area is 85.4 Å². The number of hydrogen-bond acceptors (Lipinski definition) is 1. The first-order chi connectivity index (χ1) is 6.79. The minimum absolute atomic E-state index is 1.26. The number of aromatic nitrogens is 1. The van der Waals surface area contributed by atoms with Crippen LogP contribution in [0.15, 0.2) is 54.9 Å². The van der Waals surface area contributed by atoms with E-state index in [1.807, 2.05) is 37.3 Å². The van der Waals surface area contributed by atoms with Gasteiger partial charge in [0.2, 0.25) is 0 Å². The highest BCUT2D eigenvalue weighted by Crippen LogP contribution is 1.92. The Morgan fingerprint density at radius 1 is 0.714 bits per heavy atom. The molecule has 2 aromatic rings. The number of benzene rings is 1. The molecule has 0 aliphatic rings. The van der Waals surface area contributed by atoms with Crippen molar-refractivity contribution in [2.45, 2.75) is 13.8 Å². The minimum Gasteiger partial charge on any atom is -0.265 e. The van der Waals surface area contributed by atoms with E-state index < -0.39 is 0 Å². The van der Waals surface area contributed by atoms with E-state index in [1.54, 1.807) is 12.4 Å². The predicted octanol–water partition coefficient (Wildman–Crippen LogP) is 3.39. The molecular formula is C13H15N. The van der Waals surface area contributed by atoms with Gasteiger partial charge in [-0.1, -0.05) is 35.9 Å². The van der Waals surface area contributed by atoms with E-state index in [2.05, 4.69) is 24.0 Å². The van der Waals surface area contributed by atoms with Gasteiger partial charge >= 0.3 is 0 Å². The van der Waals surface area contributed by atoms with Crippen LogP contribution in [-0.4, -0.2) is 4.98 Å². The topological polar surface area (TPSA) is 12.9 Å². The van der Waals surface area contributed by atoms with Crippen molar-refractivity contribution in [3.05, 3.63) is 66.0 Å². The van der Waals surface area contributed by atoms with Crippen molar-refractivity contribution in [2.24, 2.45) is 0 Å². The maximum Gasteiger partial charge on any atom is 0.0270 e. The number of nitrogens with zero attached hydrogens (tertiary/aromatic N) is 1. The van der Waals surface area contributed by atoms with E-state index in [0.717, 1.165) is 0 Å². The lowest BCUT2D eigenvalue weighted by Crippen LogP contribution is -1.68. The molecule has 1 nitrogen and oxygen atoms in total. The smallest absolute Gasteiger partial charge is 0.0270 e. The molecule has 0 saturated heterocycles. The molecule has 1 heterocycles. The van der Waals surface area contributed by atoms with Gasteiger partial charge in [0.25, 0.3) is 0 Å². The first-order valence-electron chi connectivity index (χ1n) is 4.67. The number of pyridine rings is 1. The van der Waals surface area contributed by atoms with E-state index in [9.17, 15) is 0 Å². The van der Waals surface area contributed by atoms with Crippen LogP contribution in [0, 0.1) is 13.8 Å². The molecule has 0 spiro atoms. The van der Waals surface area contributed by atoms with Crippen molar-refractivity contribution in [3.8, 4) is 0 Å². The Hall–Kier alpha value is -1.63. The van der Waals surface area contributed by atoms with Gasteiger partial charge < -0.3 is 0 Å². The van der Waals surface area contributed by atoms with Gasteiger partial charge in [0, 0.05) is 12.4 Å². The van der Waals surface area contributed by atoms with E-state index in [-0.39, 0.29) is 0 Å². The van der Waals surface area contributed by atoms with Crippen molar-refractivity contribution in [1.82, 2.24) is 4.98 Å².